The fourth-order valence-electron chi connectivity index (χ4n) is 2.10. The van der Waals surface area contributed by atoms with Crippen LogP contribution >= 0.6 is 0 Å². The minimum absolute atomic E-state index is 0.0794. The molecular formula is C20H41NO5SSi. The van der Waals surface area contributed by atoms with Gasteiger partial charge in [-0.15, -0.1) is 0 Å². The number of rotatable bonds is 10. The quantitative estimate of drug-likeness (QED) is 0.313. The molecule has 0 aromatic rings. The van der Waals surface area contributed by atoms with Gasteiger partial charge in [-0.1, -0.05) is 33.8 Å². The lowest BCUT2D eigenvalue weighted by molar-refractivity contribution is -0.144. The van der Waals surface area contributed by atoms with Gasteiger partial charge >= 0.3 is 5.97 Å². The van der Waals surface area contributed by atoms with E-state index in [9.17, 15) is 13.2 Å². The lowest BCUT2D eigenvalue weighted by atomic mass is 10.0. The summed E-state index contributed by atoms with van der Waals surface area (Å²) in [7, 11) is -5.65. The number of nitrogens with one attached hydrogen (secondary N) is 1. The highest BCUT2D eigenvalue weighted by atomic mass is 32.2. The predicted octanol–water partition coefficient (Wildman–Crippen LogP) is 4.38. The molecule has 0 spiro atoms. The van der Waals surface area contributed by atoms with Gasteiger partial charge < -0.3 is 9.16 Å². The van der Waals surface area contributed by atoms with E-state index in [0.717, 1.165) is 0 Å². The van der Waals surface area contributed by atoms with Crippen LogP contribution in [0.1, 0.15) is 68.2 Å². The number of carbonyl (C=O) groups is 1. The normalized spacial score (nSPS) is 15.4. The molecule has 6 nitrogen and oxygen atoms in total. The summed E-state index contributed by atoms with van der Waals surface area (Å²) < 4.78 is 38.3. The molecule has 0 saturated carbocycles. The Balaban J connectivity index is 5.60. The number of esters is 1. The van der Waals surface area contributed by atoms with Crippen molar-refractivity contribution in [1.29, 1.82) is 0 Å². The fraction of sp³-hybridized carbons (Fsp3) is 0.850. The van der Waals surface area contributed by atoms with Gasteiger partial charge in [-0.3, -0.25) is 0 Å². The highest BCUT2D eigenvalue weighted by molar-refractivity contribution is 7.90. The first-order chi connectivity index (χ1) is 12.5. The second kappa shape index (κ2) is 10.4. The molecule has 0 aliphatic carbocycles. The Labute approximate surface area is 173 Å². The zero-order valence-electron chi connectivity index (χ0n) is 19.4. The van der Waals surface area contributed by atoms with E-state index in [-0.39, 0.29) is 11.6 Å². The maximum absolute atomic E-state index is 12.7. The van der Waals surface area contributed by atoms with Crippen LogP contribution in [0.25, 0.3) is 0 Å². The molecule has 0 aromatic carbocycles. The zero-order valence-corrected chi connectivity index (χ0v) is 21.2. The molecule has 0 amide bonds. The Morgan fingerprint density at radius 1 is 1.11 bits per heavy atom. The molecule has 1 atom stereocenters. The third-order valence-corrected chi connectivity index (χ3v) is 11.8. The summed E-state index contributed by atoms with van der Waals surface area (Å²) in [6, 6.07) is -1.04. The van der Waals surface area contributed by atoms with Gasteiger partial charge in [0, 0.05) is 6.61 Å². The van der Waals surface area contributed by atoms with Gasteiger partial charge in [0.2, 0.25) is 10.0 Å². The molecular weight excluding hydrogens is 394 g/mol. The smallest absolute Gasteiger partial charge is 0.328 e. The maximum Gasteiger partial charge on any atom is 0.328 e. The molecule has 0 saturated heterocycles. The van der Waals surface area contributed by atoms with Crippen molar-refractivity contribution in [3.05, 3.63) is 11.6 Å². The van der Waals surface area contributed by atoms with Crippen LogP contribution in [0.15, 0.2) is 11.6 Å². The van der Waals surface area contributed by atoms with Crippen LogP contribution < -0.4 is 4.72 Å². The Bertz CT molecular complexity index is 642. The van der Waals surface area contributed by atoms with Gasteiger partial charge in [0.25, 0.3) is 0 Å². The van der Waals surface area contributed by atoms with Crippen molar-refractivity contribution >= 4 is 24.3 Å². The molecule has 0 aliphatic rings. The summed E-state index contributed by atoms with van der Waals surface area (Å²) in [4.78, 5) is 12.6. The van der Waals surface area contributed by atoms with E-state index in [1.54, 1.807) is 27.7 Å². The average molecular weight is 436 g/mol. The lowest BCUT2D eigenvalue weighted by Crippen LogP contribution is -2.49. The Kier molecular flexibility index (Phi) is 10.1. The summed E-state index contributed by atoms with van der Waals surface area (Å²) in [5, 5.41) is 0.0794. The Morgan fingerprint density at radius 3 is 2.04 bits per heavy atom. The van der Waals surface area contributed by atoms with Crippen LogP contribution in [0.3, 0.4) is 0 Å². The molecule has 0 rings (SSSR count). The molecule has 8 heteroatoms. The summed E-state index contributed by atoms with van der Waals surface area (Å²) in [6.45, 7) is 19.9. The lowest BCUT2D eigenvalue weighted by Gasteiger charge is -2.36. The topological polar surface area (TPSA) is 81.7 Å². The number of allylic oxidation sites excluding steroid dienone is 1. The number of sulfonamides is 1. The van der Waals surface area contributed by atoms with E-state index in [4.69, 9.17) is 9.16 Å². The largest absolute Gasteiger partial charge is 0.465 e. The zero-order chi connectivity index (χ0) is 22.4. The predicted molar refractivity (Wildman–Crippen MR) is 118 cm³/mol. The van der Waals surface area contributed by atoms with Crippen LogP contribution in [-0.2, 0) is 24.0 Å². The van der Waals surface area contributed by atoms with Crippen molar-refractivity contribution in [2.75, 3.05) is 13.2 Å². The summed E-state index contributed by atoms with van der Waals surface area (Å²) in [5.74, 6) is -0.581. The van der Waals surface area contributed by atoms with Gasteiger partial charge in [0.15, 0.2) is 8.32 Å². The third kappa shape index (κ3) is 7.97. The van der Waals surface area contributed by atoms with Crippen LogP contribution in [0.4, 0.5) is 0 Å². The Hall–Kier alpha value is -0.703. The summed E-state index contributed by atoms with van der Waals surface area (Å²) >= 11 is 0. The molecule has 0 aliphatic heterocycles. The van der Waals surface area contributed by atoms with Gasteiger partial charge in [-0.2, -0.15) is 4.72 Å². The van der Waals surface area contributed by atoms with Crippen molar-refractivity contribution in [2.24, 2.45) is 0 Å². The number of hydrogen-bond acceptors (Lipinski definition) is 5. The molecule has 28 heavy (non-hydrogen) atoms. The van der Waals surface area contributed by atoms with Gasteiger partial charge in [0.05, 0.1) is 11.4 Å². The molecule has 0 fully saturated rings. The molecule has 0 radical (unpaired) electrons. The van der Waals surface area contributed by atoms with Crippen molar-refractivity contribution in [1.82, 2.24) is 4.72 Å². The number of ether oxygens (including phenoxy) is 1. The van der Waals surface area contributed by atoms with Gasteiger partial charge in [0.1, 0.15) is 6.04 Å². The SMILES string of the molecule is CC/C=C(/CCO[Si](C)(C)C(C)(C)C)[C@H](NS(=O)(=O)C(C)(C)C)C(=O)OCC. The summed E-state index contributed by atoms with van der Waals surface area (Å²) in [5.41, 5.74) is 0.687. The minimum atomic E-state index is -3.72. The van der Waals surface area contributed by atoms with Crippen molar-refractivity contribution in [2.45, 2.75) is 97.2 Å². The van der Waals surface area contributed by atoms with Crippen LogP contribution in [0.5, 0.6) is 0 Å². The van der Waals surface area contributed by atoms with E-state index in [0.29, 0.717) is 25.0 Å². The van der Waals surface area contributed by atoms with Crippen LogP contribution in [0, 0.1) is 0 Å². The van der Waals surface area contributed by atoms with Gasteiger partial charge in [-0.25, -0.2) is 13.2 Å². The molecule has 0 bridgehead atoms. The van der Waals surface area contributed by atoms with E-state index < -0.39 is 35.1 Å². The number of hydrogen-bond donors (Lipinski definition) is 1. The van der Waals surface area contributed by atoms with Crippen molar-refractivity contribution < 1.29 is 22.4 Å². The van der Waals surface area contributed by atoms with E-state index in [1.807, 2.05) is 13.0 Å². The van der Waals surface area contributed by atoms with Crippen molar-refractivity contribution in [3.8, 4) is 0 Å². The first-order valence-electron chi connectivity index (χ1n) is 10.0. The van der Waals surface area contributed by atoms with E-state index in [1.165, 1.54) is 0 Å². The van der Waals surface area contributed by atoms with Crippen molar-refractivity contribution in [3.63, 3.8) is 0 Å². The van der Waals surface area contributed by atoms with Gasteiger partial charge in [-0.05, 0) is 64.2 Å². The first-order valence-corrected chi connectivity index (χ1v) is 14.4. The molecule has 0 heterocycles. The number of carbonyl (C=O) groups excluding carboxylic acids is 1. The first kappa shape index (κ1) is 27.3. The second-order valence-electron chi connectivity index (χ2n) is 9.46. The fourth-order valence-corrected chi connectivity index (χ4v) is 4.06. The average Bonchev–Trinajstić information content (AvgIpc) is 2.49. The molecule has 0 unspecified atom stereocenters. The Morgan fingerprint density at radius 2 is 1.64 bits per heavy atom. The highest BCUT2D eigenvalue weighted by Gasteiger charge is 2.38. The highest BCUT2D eigenvalue weighted by Crippen LogP contribution is 2.36. The van der Waals surface area contributed by atoms with E-state index in [2.05, 4.69) is 38.6 Å². The second-order valence-corrected chi connectivity index (χ2v) is 16.7. The third-order valence-electron chi connectivity index (χ3n) is 5.10. The molecule has 1 N–H and O–H groups in total. The summed E-state index contributed by atoms with van der Waals surface area (Å²) in [6.07, 6.45) is 3.04. The molecule has 166 valence electrons. The van der Waals surface area contributed by atoms with Crippen LogP contribution in [-0.4, -0.2) is 46.7 Å². The standard InChI is InChI=1S/C20H41NO5SSi/c1-11-13-16(14-15-26-28(9,10)20(6,7)8)17(18(22)25-12-2)21-27(23,24)19(3,4)5/h13,17,21H,11-12,14-15H2,1-10H3/b16-13-/t17-/m0/s1. The monoisotopic (exact) mass is 435 g/mol. The maximum atomic E-state index is 12.7. The minimum Gasteiger partial charge on any atom is -0.465 e. The van der Waals surface area contributed by atoms with Crippen LogP contribution in [0.2, 0.25) is 18.1 Å². The van der Waals surface area contributed by atoms with E-state index >= 15 is 0 Å². The molecule has 0 aromatic heterocycles.